The number of hydrogen-bond donors (Lipinski definition) is 2. The number of benzene rings is 3. The monoisotopic (exact) mass is 414 g/mol. The van der Waals surface area contributed by atoms with E-state index in [0.717, 1.165) is 33.0 Å². The Morgan fingerprint density at radius 1 is 1.00 bits per heavy atom. The first-order valence-electron chi connectivity index (χ1n) is 9.88. The van der Waals surface area contributed by atoms with Crippen LogP contribution in [0.15, 0.2) is 63.8 Å². The number of para-hydroxylation sites is 1. The highest BCUT2D eigenvalue weighted by Crippen LogP contribution is 2.37. The van der Waals surface area contributed by atoms with Gasteiger partial charge in [-0.1, -0.05) is 18.2 Å². The first kappa shape index (κ1) is 17.7. The van der Waals surface area contributed by atoms with Crippen LogP contribution in [0.1, 0.15) is 5.56 Å². The molecule has 0 radical (unpaired) electrons. The summed E-state index contributed by atoms with van der Waals surface area (Å²) < 4.78 is 22.4. The fourth-order valence-electron chi connectivity index (χ4n) is 4.02. The van der Waals surface area contributed by atoms with Crippen molar-refractivity contribution in [2.24, 2.45) is 0 Å². The molecule has 0 spiro atoms. The Labute approximate surface area is 176 Å². The number of nitrogens with one attached hydrogen (secondary N) is 2. The van der Waals surface area contributed by atoms with Gasteiger partial charge < -0.3 is 28.9 Å². The minimum atomic E-state index is -0.164. The van der Waals surface area contributed by atoms with Gasteiger partial charge in [-0.15, -0.1) is 0 Å². The molecule has 0 unspecified atom stereocenters. The quantitative estimate of drug-likeness (QED) is 0.440. The van der Waals surface area contributed by atoms with Crippen molar-refractivity contribution in [2.45, 2.75) is 6.54 Å². The molecule has 0 fully saturated rings. The number of anilines is 1. The Hall–Kier alpha value is -4.13. The van der Waals surface area contributed by atoms with Gasteiger partial charge >= 0.3 is 0 Å². The highest BCUT2D eigenvalue weighted by Gasteiger charge is 2.16. The zero-order valence-corrected chi connectivity index (χ0v) is 16.7. The number of aromatic amines is 1. The minimum absolute atomic E-state index is 0.164. The summed E-state index contributed by atoms with van der Waals surface area (Å²) in [7, 11) is 1.63. The van der Waals surface area contributed by atoms with Crippen molar-refractivity contribution in [3.05, 3.63) is 70.5 Å². The second-order valence-corrected chi connectivity index (χ2v) is 7.42. The molecule has 0 saturated heterocycles. The normalized spacial score (nSPS) is 12.7. The lowest BCUT2D eigenvalue weighted by Crippen LogP contribution is -2.15. The van der Waals surface area contributed by atoms with Gasteiger partial charge in [0.15, 0.2) is 11.5 Å². The zero-order valence-electron chi connectivity index (χ0n) is 16.7. The van der Waals surface area contributed by atoms with E-state index in [-0.39, 0.29) is 12.4 Å². The second-order valence-electron chi connectivity index (χ2n) is 7.42. The van der Waals surface area contributed by atoms with E-state index in [9.17, 15) is 4.79 Å². The summed E-state index contributed by atoms with van der Waals surface area (Å²) in [6, 6.07) is 17.3. The first-order valence-corrected chi connectivity index (χ1v) is 9.88. The summed E-state index contributed by atoms with van der Waals surface area (Å²) in [4.78, 5) is 15.5. The number of pyridine rings is 1. The van der Waals surface area contributed by atoms with Gasteiger partial charge in [0.2, 0.25) is 6.79 Å². The minimum Gasteiger partial charge on any atom is -0.495 e. The van der Waals surface area contributed by atoms with Gasteiger partial charge in [-0.25, -0.2) is 0 Å². The van der Waals surface area contributed by atoms with Crippen molar-refractivity contribution in [3.8, 4) is 17.2 Å². The maximum Gasteiger partial charge on any atom is 0.253 e. The molecule has 1 aliphatic heterocycles. The number of furan rings is 1. The Morgan fingerprint density at radius 2 is 1.84 bits per heavy atom. The van der Waals surface area contributed by atoms with E-state index >= 15 is 0 Å². The van der Waals surface area contributed by atoms with Crippen LogP contribution >= 0.6 is 0 Å². The molecule has 3 heterocycles. The molecular weight excluding hydrogens is 396 g/mol. The van der Waals surface area contributed by atoms with Crippen LogP contribution in [0.25, 0.3) is 32.8 Å². The predicted molar refractivity (Wildman–Crippen MR) is 118 cm³/mol. The molecular formula is C24H18N2O5. The number of rotatable bonds is 4. The molecule has 0 amide bonds. The van der Waals surface area contributed by atoms with Crippen LogP contribution in [0.2, 0.25) is 0 Å². The molecule has 2 aromatic heterocycles. The number of fused-ring (bicyclic) bond motifs is 5. The SMILES string of the molecule is COc1cc2c(cc1NCc1cc3cc4c(cc3[nH]c1=O)OCO4)oc1ccccc12. The molecule has 0 bridgehead atoms. The smallest absolute Gasteiger partial charge is 0.253 e. The van der Waals surface area contributed by atoms with Gasteiger partial charge in [-0.3, -0.25) is 4.79 Å². The van der Waals surface area contributed by atoms with Crippen LogP contribution in [0.3, 0.4) is 0 Å². The third-order valence-corrected chi connectivity index (χ3v) is 5.58. The van der Waals surface area contributed by atoms with Gasteiger partial charge in [0.05, 0.1) is 18.3 Å². The summed E-state index contributed by atoms with van der Waals surface area (Å²) in [5.74, 6) is 1.99. The van der Waals surface area contributed by atoms with Crippen LogP contribution in [-0.4, -0.2) is 18.9 Å². The third kappa shape index (κ3) is 2.85. The Kier molecular flexibility index (Phi) is 3.83. The average molecular weight is 414 g/mol. The average Bonchev–Trinajstić information content (AvgIpc) is 3.38. The molecule has 3 aromatic carbocycles. The van der Waals surface area contributed by atoms with Crippen LogP contribution < -0.4 is 25.1 Å². The van der Waals surface area contributed by atoms with E-state index in [1.54, 1.807) is 13.2 Å². The molecule has 0 atom stereocenters. The Bertz CT molecular complexity index is 1530. The van der Waals surface area contributed by atoms with E-state index in [1.165, 1.54) is 0 Å². The summed E-state index contributed by atoms with van der Waals surface area (Å²) in [6.07, 6.45) is 0. The summed E-state index contributed by atoms with van der Waals surface area (Å²) >= 11 is 0. The molecule has 2 N–H and O–H groups in total. The van der Waals surface area contributed by atoms with Crippen LogP contribution in [-0.2, 0) is 6.54 Å². The van der Waals surface area contributed by atoms with Crippen LogP contribution in [0.4, 0.5) is 5.69 Å². The third-order valence-electron chi connectivity index (χ3n) is 5.58. The van der Waals surface area contributed by atoms with Crippen molar-refractivity contribution in [1.82, 2.24) is 4.98 Å². The lowest BCUT2D eigenvalue weighted by molar-refractivity contribution is 0.174. The van der Waals surface area contributed by atoms with Gasteiger partial charge in [-0.2, -0.15) is 0 Å². The molecule has 7 heteroatoms. The van der Waals surface area contributed by atoms with Gasteiger partial charge in [0.25, 0.3) is 5.56 Å². The van der Waals surface area contributed by atoms with Gasteiger partial charge in [0.1, 0.15) is 16.9 Å². The number of ether oxygens (including phenoxy) is 3. The molecule has 31 heavy (non-hydrogen) atoms. The number of methoxy groups -OCH3 is 1. The lowest BCUT2D eigenvalue weighted by Gasteiger charge is -2.12. The maximum atomic E-state index is 12.6. The standard InChI is InChI=1S/C24H18N2O5/c1-28-21-8-16-15-4-2-3-5-19(15)31-20(16)10-18(21)25-11-14-6-13-7-22-23(30-12-29-22)9-17(13)26-24(14)27/h2-10,25H,11-12H2,1H3,(H,26,27). The fraction of sp³-hybridized carbons (Fsp3) is 0.125. The number of H-pyrrole nitrogens is 1. The predicted octanol–water partition coefficient (Wildman–Crippen LogP) is 4.78. The molecule has 5 aromatic rings. The van der Waals surface area contributed by atoms with Crippen molar-refractivity contribution in [1.29, 1.82) is 0 Å². The number of aromatic nitrogens is 1. The van der Waals surface area contributed by atoms with Crippen molar-refractivity contribution in [3.63, 3.8) is 0 Å². The molecule has 0 saturated carbocycles. The number of hydrogen-bond acceptors (Lipinski definition) is 6. The fourth-order valence-corrected chi connectivity index (χ4v) is 4.02. The van der Waals surface area contributed by atoms with Crippen molar-refractivity contribution in [2.75, 3.05) is 19.2 Å². The second kappa shape index (κ2) is 6.70. The van der Waals surface area contributed by atoms with Crippen LogP contribution in [0.5, 0.6) is 17.2 Å². The lowest BCUT2D eigenvalue weighted by atomic mass is 10.1. The van der Waals surface area contributed by atoms with E-state index in [0.29, 0.717) is 34.9 Å². The first-order chi connectivity index (χ1) is 15.2. The van der Waals surface area contributed by atoms with Gasteiger partial charge in [-0.05, 0) is 24.3 Å². The van der Waals surface area contributed by atoms with E-state index in [2.05, 4.69) is 10.3 Å². The zero-order chi connectivity index (χ0) is 20.9. The summed E-state index contributed by atoms with van der Waals surface area (Å²) in [5, 5.41) is 6.21. The highest BCUT2D eigenvalue weighted by atomic mass is 16.7. The molecule has 154 valence electrons. The van der Waals surface area contributed by atoms with Crippen molar-refractivity contribution >= 4 is 38.5 Å². The van der Waals surface area contributed by atoms with Gasteiger partial charge in [0, 0.05) is 40.4 Å². The van der Waals surface area contributed by atoms with E-state index in [4.69, 9.17) is 18.6 Å². The van der Waals surface area contributed by atoms with Crippen molar-refractivity contribution < 1.29 is 18.6 Å². The maximum absolute atomic E-state index is 12.6. The van der Waals surface area contributed by atoms with E-state index < -0.39 is 0 Å². The highest BCUT2D eigenvalue weighted by molar-refractivity contribution is 6.06. The topological polar surface area (TPSA) is 85.7 Å². The Balaban J connectivity index is 1.37. The molecule has 6 rings (SSSR count). The largest absolute Gasteiger partial charge is 0.495 e. The summed E-state index contributed by atoms with van der Waals surface area (Å²) in [5.41, 5.74) is 3.46. The molecule has 7 nitrogen and oxygen atoms in total. The molecule has 1 aliphatic rings. The van der Waals surface area contributed by atoms with Crippen LogP contribution in [0, 0.1) is 0 Å². The summed E-state index contributed by atoms with van der Waals surface area (Å²) in [6.45, 7) is 0.510. The van der Waals surface area contributed by atoms with E-state index in [1.807, 2.05) is 48.5 Å². The Morgan fingerprint density at radius 3 is 2.71 bits per heavy atom. The molecule has 0 aliphatic carbocycles.